The molecule has 4 nitrogen and oxygen atoms in total. The summed E-state index contributed by atoms with van der Waals surface area (Å²) in [6, 6.07) is 8.08. The molecule has 0 radical (unpaired) electrons. The number of rotatable bonds is 4. The first-order valence-electron chi connectivity index (χ1n) is 5.56. The Balaban J connectivity index is 2.38. The highest BCUT2D eigenvalue weighted by Crippen LogP contribution is 2.35. The predicted molar refractivity (Wildman–Crippen MR) is 84.9 cm³/mol. The standard InChI is InChI=1S/C12H11BrClNO3S2/c1-7(16)8-4-2-3-5-10(8)15-20(17,18)11-6-9(14)12(13)19-11/h2-7,15-16H,1H3. The lowest BCUT2D eigenvalue weighted by Gasteiger charge is -2.13. The first kappa shape index (κ1) is 15.8. The van der Waals surface area contributed by atoms with Gasteiger partial charge in [0, 0.05) is 5.56 Å². The summed E-state index contributed by atoms with van der Waals surface area (Å²) >= 11 is 10.1. The summed E-state index contributed by atoms with van der Waals surface area (Å²) in [6.45, 7) is 1.58. The number of hydrogen-bond donors (Lipinski definition) is 2. The minimum absolute atomic E-state index is 0.106. The van der Waals surface area contributed by atoms with Crippen molar-refractivity contribution >= 4 is 54.6 Å². The molecule has 0 amide bonds. The molecule has 1 unspecified atom stereocenters. The largest absolute Gasteiger partial charge is 0.389 e. The lowest BCUT2D eigenvalue weighted by Crippen LogP contribution is -2.13. The average Bonchev–Trinajstić information content (AvgIpc) is 2.70. The number of benzene rings is 1. The minimum atomic E-state index is -3.73. The molecule has 1 atom stereocenters. The van der Waals surface area contributed by atoms with Crippen LogP contribution in [0.2, 0.25) is 5.02 Å². The number of para-hydroxylation sites is 1. The Morgan fingerprint density at radius 3 is 2.60 bits per heavy atom. The lowest BCUT2D eigenvalue weighted by atomic mass is 10.1. The van der Waals surface area contributed by atoms with Crippen molar-refractivity contribution in [1.29, 1.82) is 0 Å². The molecular weight excluding hydrogens is 386 g/mol. The summed E-state index contributed by atoms with van der Waals surface area (Å²) in [5.41, 5.74) is 0.862. The maximum atomic E-state index is 12.3. The van der Waals surface area contributed by atoms with Crippen LogP contribution >= 0.6 is 38.9 Å². The molecule has 2 rings (SSSR count). The Hall–Kier alpha value is -0.600. The van der Waals surface area contributed by atoms with E-state index in [1.165, 1.54) is 6.07 Å². The molecule has 2 N–H and O–H groups in total. The number of anilines is 1. The molecule has 0 saturated heterocycles. The molecular formula is C12H11BrClNO3S2. The molecule has 0 saturated carbocycles. The van der Waals surface area contributed by atoms with Gasteiger partial charge in [0.25, 0.3) is 10.0 Å². The summed E-state index contributed by atoms with van der Waals surface area (Å²) in [5, 5.41) is 10.0. The highest BCUT2D eigenvalue weighted by Gasteiger charge is 2.21. The van der Waals surface area contributed by atoms with Gasteiger partial charge in [-0.25, -0.2) is 8.42 Å². The molecule has 0 bridgehead atoms. The van der Waals surface area contributed by atoms with E-state index in [0.29, 0.717) is 20.1 Å². The third-order valence-electron chi connectivity index (χ3n) is 2.54. The molecule has 108 valence electrons. The van der Waals surface area contributed by atoms with E-state index in [2.05, 4.69) is 20.7 Å². The summed E-state index contributed by atoms with van der Waals surface area (Å²) in [6.07, 6.45) is -0.771. The van der Waals surface area contributed by atoms with Crippen molar-refractivity contribution in [1.82, 2.24) is 0 Å². The summed E-state index contributed by atoms with van der Waals surface area (Å²) in [4.78, 5) is 0. The van der Waals surface area contributed by atoms with Crippen molar-refractivity contribution in [2.45, 2.75) is 17.2 Å². The third-order valence-corrected chi connectivity index (χ3v) is 6.86. The van der Waals surface area contributed by atoms with Crippen LogP contribution < -0.4 is 4.72 Å². The molecule has 8 heteroatoms. The zero-order valence-corrected chi connectivity index (χ0v) is 14.3. The first-order valence-corrected chi connectivity index (χ1v) is 9.03. The van der Waals surface area contributed by atoms with Crippen LogP contribution in [0.25, 0.3) is 0 Å². The van der Waals surface area contributed by atoms with Gasteiger partial charge in [0.05, 0.1) is 20.6 Å². The smallest absolute Gasteiger partial charge is 0.271 e. The van der Waals surface area contributed by atoms with Gasteiger partial charge in [0.15, 0.2) is 0 Å². The Morgan fingerprint density at radius 2 is 2.05 bits per heavy atom. The van der Waals surface area contributed by atoms with Gasteiger partial charge in [-0.05, 0) is 35.0 Å². The van der Waals surface area contributed by atoms with Crippen LogP contribution in [0.4, 0.5) is 5.69 Å². The molecule has 0 spiro atoms. The van der Waals surface area contributed by atoms with Crippen LogP contribution in [-0.2, 0) is 10.0 Å². The Labute approximate surface area is 134 Å². The van der Waals surface area contributed by atoms with E-state index in [9.17, 15) is 13.5 Å². The van der Waals surface area contributed by atoms with Crippen LogP contribution in [-0.4, -0.2) is 13.5 Å². The van der Waals surface area contributed by atoms with Gasteiger partial charge in [0.1, 0.15) is 4.21 Å². The topological polar surface area (TPSA) is 66.4 Å². The van der Waals surface area contributed by atoms with Gasteiger partial charge >= 0.3 is 0 Å². The fourth-order valence-electron chi connectivity index (χ4n) is 1.61. The van der Waals surface area contributed by atoms with E-state index >= 15 is 0 Å². The number of thiophene rings is 1. The molecule has 1 aromatic carbocycles. The second kappa shape index (κ2) is 6.03. The minimum Gasteiger partial charge on any atom is -0.389 e. The van der Waals surface area contributed by atoms with E-state index in [0.717, 1.165) is 11.3 Å². The maximum absolute atomic E-state index is 12.3. The van der Waals surface area contributed by atoms with Gasteiger partial charge in [-0.2, -0.15) is 0 Å². The summed E-state index contributed by atoms with van der Waals surface area (Å²) < 4.78 is 27.7. The highest BCUT2D eigenvalue weighted by molar-refractivity contribution is 9.11. The number of aliphatic hydroxyl groups is 1. The Morgan fingerprint density at radius 1 is 1.40 bits per heavy atom. The van der Waals surface area contributed by atoms with Gasteiger partial charge < -0.3 is 5.11 Å². The van der Waals surface area contributed by atoms with Gasteiger partial charge in [-0.1, -0.05) is 29.8 Å². The van der Waals surface area contributed by atoms with Crippen LogP contribution in [0.15, 0.2) is 38.3 Å². The van der Waals surface area contributed by atoms with E-state index in [1.54, 1.807) is 31.2 Å². The van der Waals surface area contributed by atoms with E-state index < -0.39 is 16.1 Å². The van der Waals surface area contributed by atoms with Crippen LogP contribution in [0.1, 0.15) is 18.6 Å². The zero-order chi connectivity index (χ0) is 14.9. The fourth-order valence-corrected chi connectivity index (χ4v) is 5.09. The monoisotopic (exact) mass is 395 g/mol. The van der Waals surface area contributed by atoms with Crippen molar-refractivity contribution in [3.8, 4) is 0 Å². The quantitative estimate of drug-likeness (QED) is 0.820. The maximum Gasteiger partial charge on any atom is 0.271 e. The Bertz CT molecular complexity index is 709. The summed E-state index contributed by atoms with van der Waals surface area (Å²) in [5.74, 6) is 0. The average molecular weight is 397 g/mol. The van der Waals surface area contributed by atoms with Crippen LogP contribution in [0, 0.1) is 0 Å². The predicted octanol–water partition coefficient (Wildman–Crippen LogP) is 4.02. The van der Waals surface area contributed by atoms with Gasteiger partial charge in [-0.15, -0.1) is 11.3 Å². The zero-order valence-electron chi connectivity index (χ0n) is 10.3. The van der Waals surface area contributed by atoms with Crippen molar-refractivity contribution in [3.63, 3.8) is 0 Å². The second-order valence-electron chi connectivity index (χ2n) is 4.06. The third kappa shape index (κ3) is 3.35. The van der Waals surface area contributed by atoms with E-state index in [1.807, 2.05) is 0 Å². The number of nitrogens with one attached hydrogen (secondary N) is 1. The van der Waals surface area contributed by atoms with E-state index in [4.69, 9.17) is 11.6 Å². The molecule has 0 aliphatic rings. The lowest BCUT2D eigenvalue weighted by molar-refractivity contribution is 0.200. The number of sulfonamides is 1. The second-order valence-corrected chi connectivity index (χ2v) is 8.74. The summed E-state index contributed by atoms with van der Waals surface area (Å²) in [7, 11) is -3.73. The van der Waals surface area contributed by atoms with Crippen LogP contribution in [0.5, 0.6) is 0 Å². The molecule has 0 aliphatic carbocycles. The molecule has 2 aromatic rings. The highest BCUT2D eigenvalue weighted by atomic mass is 79.9. The van der Waals surface area contributed by atoms with E-state index in [-0.39, 0.29) is 4.21 Å². The number of hydrogen-bond acceptors (Lipinski definition) is 4. The van der Waals surface area contributed by atoms with Crippen molar-refractivity contribution in [3.05, 3.63) is 44.7 Å². The van der Waals surface area contributed by atoms with Gasteiger partial charge in [-0.3, -0.25) is 4.72 Å². The normalized spacial score (nSPS) is 13.2. The molecule has 0 aliphatic heterocycles. The Kier molecular flexibility index (Phi) is 4.76. The molecule has 1 heterocycles. The van der Waals surface area contributed by atoms with Crippen molar-refractivity contribution < 1.29 is 13.5 Å². The molecule has 1 aromatic heterocycles. The van der Waals surface area contributed by atoms with Crippen molar-refractivity contribution in [2.75, 3.05) is 4.72 Å². The van der Waals surface area contributed by atoms with Crippen LogP contribution in [0.3, 0.4) is 0 Å². The first-order chi connectivity index (χ1) is 9.31. The van der Waals surface area contributed by atoms with Gasteiger partial charge in [0.2, 0.25) is 0 Å². The SMILES string of the molecule is CC(O)c1ccccc1NS(=O)(=O)c1cc(Cl)c(Br)s1. The number of halogens is 2. The molecule has 0 fully saturated rings. The molecule has 20 heavy (non-hydrogen) atoms. The number of aliphatic hydroxyl groups excluding tert-OH is 1. The van der Waals surface area contributed by atoms with Crippen molar-refractivity contribution in [2.24, 2.45) is 0 Å². The fraction of sp³-hybridized carbons (Fsp3) is 0.167.